The molecule has 0 N–H and O–H groups in total. The van der Waals surface area contributed by atoms with Crippen LogP contribution in [0.3, 0.4) is 0 Å². The van der Waals surface area contributed by atoms with E-state index >= 15 is 0 Å². The van der Waals surface area contributed by atoms with E-state index in [9.17, 15) is 0 Å². The van der Waals surface area contributed by atoms with E-state index in [1.54, 1.807) is 0 Å². The summed E-state index contributed by atoms with van der Waals surface area (Å²) >= 11 is 0. The molecule has 2 nitrogen and oxygen atoms in total. The Labute approximate surface area is 351 Å². The van der Waals surface area contributed by atoms with E-state index in [2.05, 4.69) is 246 Å². The zero-order chi connectivity index (χ0) is 40.9. The molecule has 0 bridgehead atoms. The molecule has 0 heterocycles. The molecule has 59 heavy (non-hydrogen) atoms. The van der Waals surface area contributed by atoms with Crippen LogP contribution in [0.15, 0.2) is 188 Å². The van der Waals surface area contributed by atoms with E-state index < -0.39 is 0 Å². The molecule has 0 amide bonds. The Hall–Kier alpha value is -6.64. The number of hydrogen-bond acceptors (Lipinski definition) is 2. The lowest BCUT2D eigenvalue weighted by atomic mass is 9.82. The number of rotatable bonds is 8. The Bertz CT molecular complexity index is 2750. The molecule has 0 saturated carbocycles. The lowest BCUT2D eigenvalue weighted by Gasteiger charge is -2.36. The van der Waals surface area contributed by atoms with Crippen LogP contribution in [0.4, 0.5) is 34.1 Å². The highest BCUT2D eigenvalue weighted by molar-refractivity contribution is 6.00. The molecule has 0 spiro atoms. The monoisotopic (exact) mass is 764 g/mol. The third kappa shape index (κ3) is 7.04. The lowest BCUT2D eigenvalue weighted by molar-refractivity contribution is 0.590. The Kier molecular flexibility index (Phi) is 9.60. The van der Waals surface area contributed by atoms with Crippen molar-refractivity contribution >= 4 is 34.1 Å². The molecule has 1 aliphatic rings. The van der Waals surface area contributed by atoms with Gasteiger partial charge in [0.2, 0.25) is 0 Å². The van der Waals surface area contributed by atoms with Gasteiger partial charge in [-0.25, -0.2) is 0 Å². The van der Waals surface area contributed by atoms with Crippen LogP contribution in [0, 0.1) is 13.8 Å². The molecule has 0 unspecified atom stereocenters. The van der Waals surface area contributed by atoms with Crippen LogP contribution in [0.25, 0.3) is 33.4 Å². The zero-order valence-corrected chi connectivity index (χ0v) is 35.3. The van der Waals surface area contributed by atoms with Gasteiger partial charge in [0.05, 0.1) is 11.4 Å². The molecule has 2 heteroatoms. The van der Waals surface area contributed by atoms with Gasteiger partial charge in [0.25, 0.3) is 0 Å². The Morgan fingerprint density at radius 1 is 0.390 bits per heavy atom. The molecule has 290 valence electrons. The summed E-state index contributed by atoms with van der Waals surface area (Å²) in [7, 11) is 0. The standard InChI is InChI=1S/C57H52N2/c1-39-22-28-45(29-23-39)58(47-32-26-42(27-33-47)41-16-10-8-11-17-41)53-36-44(56(3,4)5)37-54(55(53)43-18-12-9-13-19-43)59(46-30-24-40(2)25-31-46)48-34-35-50-49-20-14-15-21-51(49)57(6,7)52(50)38-48/h8-38H,1-7H3. The zero-order valence-electron chi connectivity index (χ0n) is 35.3. The molecule has 0 aromatic heterocycles. The maximum Gasteiger partial charge on any atom is 0.0564 e. The molecule has 8 aromatic carbocycles. The van der Waals surface area contributed by atoms with Crippen LogP contribution in [0.5, 0.6) is 0 Å². The van der Waals surface area contributed by atoms with Crippen LogP contribution in [0.1, 0.15) is 62.4 Å². The quantitative estimate of drug-likeness (QED) is 0.152. The van der Waals surface area contributed by atoms with Gasteiger partial charge in [0.1, 0.15) is 0 Å². The van der Waals surface area contributed by atoms with Gasteiger partial charge in [-0.1, -0.05) is 173 Å². The van der Waals surface area contributed by atoms with Crippen molar-refractivity contribution in [2.45, 2.75) is 59.3 Å². The maximum atomic E-state index is 2.51. The minimum absolute atomic E-state index is 0.143. The van der Waals surface area contributed by atoms with Crippen LogP contribution < -0.4 is 9.80 Å². The van der Waals surface area contributed by atoms with Gasteiger partial charge in [-0.15, -0.1) is 0 Å². The number of hydrogen-bond donors (Lipinski definition) is 0. The second kappa shape index (κ2) is 14.9. The molecule has 9 rings (SSSR count). The van der Waals surface area contributed by atoms with E-state index in [0.29, 0.717) is 0 Å². The van der Waals surface area contributed by atoms with Gasteiger partial charge in [-0.05, 0) is 124 Å². The average molecular weight is 765 g/mol. The molecular formula is C57H52N2. The first-order valence-corrected chi connectivity index (χ1v) is 20.8. The predicted molar refractivity (Wildman–Crippen MR) is 252 cm³/mol. The largest absolute Gasteiger partial charge is 0.310 e. The Balaban J connectivity index is 1.35. The predicted octanol–water partition coefficient (Wildman–Crippen LogP) is 16.2. The van der Waals surface area contributed by atoms with Crippen LogP contribution in [-0.4, -0.2) is 0 Å². The second-order valence-corrected chi connectivity index (χ2v) is 17.7. The molecule has 0 aliphatic heterocycles. The summed E-state index contributed by atoms with van der Waals surface area (Å²) in [5.74, 6) is 0. The van der Waals surface area contributed by atoms with Gasteiger partial charge in [-0.2, -0.15) is 0 Å². The number of fused-ring (bicyclic) bond motifs is 3. The summed E-state index contributed by atoms with van der Waals surface area (Å²) in [6.45, 7) is 16.0. The van der Waals surface area contributed by atoms with E-state index in [-0.39, 0.29) is 10.8 Å². The summed E-state index contributed by atoms with van der Waals surface area (Å²) in [5, 5.41) is 0. The molecule has 1 aliphatic carbocycles. The highest BCUT2D eigenvalue weighted by Gasteiger charge is 2.36. The average Bonchev–Trinajstić information content (AvgIpc) is 3.48. The van der Waals surface area contributed by atoms with Crippen LogP contribution >= 0.6 is 0 Å². The second-order valence-electron chi connectivity index (χ2n) is 17.7. The number of nitrogens with zero attached hydrogens (tertiary/aromatic N) is 2. The molecule has 0 saturated heterocycles. The van der Waals surface area contributed by atoms with Crippen molar-refractivity contribution in [3.63, 3.8) is 0 Å². The molecule has 8 aromatic rings. The lowest BCUT2D eigenvalue weighted by Crippen LogP contribution is -2.20. The van der Waals surface area contributed by atoms with Crippen molar-refractivity contribution in [3.05, 3.63) is 216 Å². The minimum Gasteiger partial charge on any atom is -0.310 e. The van der Waals surface area contributed by atoms with Gasteiger partial charge < -0.3 is 9.80 Å². The van der Waals surface area contributed by atoms with E-state index in [4.69, 9.17) is 0 Å². The summed E-state index contributed by atoms with van der Waals surface area (Å²) in [6.07, 6.45) is 0. The summed E-state index contributed by atoms with van der Waals surface area (Å²) in [6, 6.07) is 69.6. The first-order valence-electron chi connectivity index (χ1n) is 20.8. The molecule has 0 atom stereocenters. The van der Waals surface area contributed by atoms with Gasteiger partial charge in [-0.3, -0.25) is 0 Å². The number of benzene rings is 8. The maximum absolute atomic E-state index is 2.51. The normalized spacial score (nSPS) is 12.8. The van der Waals surface area contributed by atoms with Crippen molar-refractivity contribution in [2.75, 3.05) is 9.80 Å². The van der Waals surface area contributed by atoms with Crippen LogP contribution in [0.2, 0.25) is 0 Å². The summed E-state index contributed by atoms with van der Waals surface area (Å²) in [4.78, 5) is 4.97. The van der Waals surface area contributed by atoms with E-state index in [0.717, 1.165) is 45.3 Å². The fraction of sp³-hybridized carbons (Fsp3) is 0.158. The summed E-state index contributed by atoms with van der Waals surface area (Å²) < 4.78 is 0. The third-order valence-corrected chi connectivity index (χ3v) is 12.1. The van der Waals surface area contributed by atoms with E-state index in [1.165, 1.54) is 50.1 Å². The number of aryl methyl sites for hydroxylation is 2. The van der Waals surface area contributed by atoms with Crippen LogP contribution in [-0.2, 0) is 10.8 Å². The first-order chi connectivity index (χ1) is 28.5. The topological polar surface area (TPSA) is 6.48 Å². The van der Waals surface area contributed by atoms with Crippen molar-refractivity contribution in [1.82, 2.24) is 0 Å². The summed E-state index contributed by atoms with van der Waals surface area (Å²) in [5.41, 5.74) is 20.2. The highest BCUT2D eigenvalue weighted by atomic mass is 15.2. The number of anilines is 6. The Morgan fingerprint density at radius 2 is 0.814 bits per heavy atom. The van der Waals surface area contributed by atoms with Gasteiger partial charge >= 0.3 is 0 Å². The molecular weight excluding hydrogens is 713 g/mol. The van der Waals surface area contributed by atoms with Crippen molar-refractivity contribution in [1.29, 1.82) is 0 Å². The smallest absolute Gasteiger partial charge is 0.0564 e. The van der Waals surface area contributed by atoms with E-state index in [1.807, 2.05) is 0 Å². The van der Waals surface area contributed by atoms with Gasteiger partial charge in [0.15, 0.2) is 0 Å². The Morgan fingerprint density at radius 3 is 1.36 bits per heavy atom. The first kappa shape index (κ1) is 37.9. The van der Waals surface area contributed by atoms with Crippen molar-refractivity contribution in [3.8, 4) is 33.4 Å². The SMILES string of the molecule is Cc1ccc(N(c2ccc(-c3ccccc3)cc2)c2cc(C(C)(C)C)cc(N(c3ccc(C)cc3)c3ccc4c(c3)C(C)(C)c3ccccc3-4)c2-c2ccccc2)cc1. The third-order valence-electron chi connectivity index (χ3n) is 12.1. The highest BCUT2D eigenvalue weighted by Crippen LogP contribution is 2.54. The van der Waals surface area contributed by atoms with Gasteiger partial charge in [0, 0.05) is 33.7 Å². The molecule has 0 radical (unpaired) electrons. The molecule has 0 fully saturated rings. The fourth-order valence-corrected chi connectivity index (χ4v) is 8.81. The fourth-order valence-electron chi connectivity index (χ4n) is 8.81. The minimum atomic E-state index is -0.157. The van der Waals surface area contributed by atoms with Crippen molar-refractivity contribution < 1.29 is 0 Å². The van der Waals surface area contributed by atoms with Crippen molar-refractivity contribution in [2.24, 2.45) is 0 Å².